The molecule has 1 aromatic carbocycles. The summed E-state index contributed by atoms with van der Waals surface area (Å²) in [5.41, 5.74) is 4.74. The summed E-state index contributed by atoms with van der Waals surface area (Å²) in [7, 11) is 0. The van der Waals surface area contributed by atoms with E-state index in [9.17, 15) is 10.2 Å². The minimum atomic E-state index is 0.168. The van der Waals surface area contributed by atoms with E-state index in [-0.39, 0.29) is 11.5 Å². The highest BCUT2D eigenvalue weighted by Gasteiger charge is 2.22. The standard InChI is InChI=1S/C22H38O2/c1-5-9-13-17-18(14-10-6-2)20(16-12-8-4)22(24)21(23)19(17)15-11-7-3/h23-24H,5-16H2,1-4H3. The number of phenols is 2. The van der Waals surface area contributed by atoms with Crippen molar-refractivity contribution in [1.82, 2.24) is 0 Å². The lowest BCUT2D eigenvalue weighted by molar-refractivity contribution is 0.391. The SMILES string of the molecule is CCCCc1c(O)c(O)c(CCCC)c(CCCC)c1CCCC. The van der Waals surface area contributed by atoms with Gasteiger partial charge in [0.05, 0.1) is 0 Å². The van der Waals surface area contributed by atoms with Crippen molar-refractivity contribution in [3.63, 3.8) is 0 Å². The molecule has 0 heterocycles. The Morgan fingerprint density at radius 2 is 0.708 bits per heavy atom. The number of hydrogen-bond donors (Lipinski definition) is 2. The fraction of sp³-hybridized carbons (Fsp3) is 0.727. The van der Waals surface area contributed by atoms with Gasteiger partial charge < -0.3 is 10.2 Å². The van der Waals surface area contributed by atoms with E-state index in [4.69, 9.17) is 0 Å². The summed E-state index contributed by atoms with van der Waals surface area (Å²) in [6, 6.07) is 0. The predicted octanol–water partition coefficient (Wildman–Crippen LogP) is 6.47. The molecule has 0 aliphatic rings. The van der Waals surface area contributed by atoms with Crippen molar-refractivity contribution in [3.05, 3.63) is 22.3 Å². The summed E-state index contributed by atoms with van der Waals surface area (Å²) in [5, 5.41) is 21.4. The fourth-order valence-corrected chi connectivity index (χ4v) is 3.49. The Morgan fingerprint density at radius 1 is 0.458 bits per heavy atom. The van der Waals surface area contributed by atoms with Gasteiger partial charge in [-0.2, -0.15) is 0 Å². The highest BCUT2D eigenvalue weighted by molar-refractivity contribution is 5.59. The summed E-state index contributed by atoms with van der Waals surface area (Å²) < 4.78 is 0. The van der Waals surface area contributed by atoms with Gasteiger partial charge in [0.1, 0.15) is 0 Å². The van der Waals surface area contributed by atoms with Crippen LogP contribution in [0.2, 0.25) is 0 Å². The fourth-order valence-electron chi connectivity index (χ4n) is 3.49. The zero-order valence-corrected chi connectivity index (χ0v) is 16.4. The van der Waals surface area contributed by atoms with E-state index in [1.54, 1.807) is 0 Å². The van der Waals surface area contributed by atoms with E-state index < -0.39 is 0 Å². The predicted molar refractivity (Wildman–Crippen MR) is 104 cm³/mol. The lowest BCUT2D eigenvalue weighted by atomic mass is 9.85. The van der Waals surface area contributed by atoms with Gasteiger partial charge in [-0.3, -0.25) is 0 Å². The van der Waals surface area contributed by atoms with Crippen molar-refractivity contribution in [2.45, 2.75) is 105 Å². The molecule has 0 fully saturated rings. The molecule has 24 heavy (non-hydrogen) atoms. The molecule has 2 heteroatoms. The number of aromatic hydroxyl groups is 2. The van der Waals surface area contributed by atoms with Crippen LogP contribution in [0.15, 0.2) is 0 Å². The van der Waals surface area contributed by atoms with Crippen LogP contribution in [0.3, 0.4) is 0 Å². The molecule has 2 N–H and O–H groups in total. The summed E-state index contributed by atoms with van der Waals surface area (Å²) in [5.74, 6) is 0.335. The first-order valence-electron chi connectivity index (χ1n) is 10.2. The molecule has 1 aromatic rings. The molecule has 138 valence electrons. The first kappa shape index (κ1) is 20.9. The van der Waals surface area contributed by atoms with Crippen LogP contribution in [0.1, 0.15) is 101 Å². The molecular formula is C22H38O2. The normalized spacial score (nSPS) is 11.2. The van der Waals surface area contributed by atoms with Gasteiger partial charge in [0.2, 0.25) is 0 Å². The van der Waals surface area contributed by atoms with Gasteiger partial charge in [0.15, 0.2) is 11.5 Å². The van der Waals surface area contributed by atoms with Crippen molar-refractivity contribution in [2.24, 2.45) is 0 Å². The van der Waals surface area contributed by atoms with Gasteiger partial charge in [-0.25, -0.2) is 0 Å². The molecule has 1 rings (SSSR count). The van der Waals surface area contributed by atoms with Crippen LogP contribution in [0.25, 0.3) is 0 Å². The average Bonchev–Trinajstić information content (AvgIpc) is 2.59. The summed E-state index contributed by atoms with van der Waals surface area (Å²) in [6.45, 7) is 8.79. The molecule has 0 bridgehead atoms. The third kappa shape index (κ3) is 5.43. The lowest BCUT2D eigenvalue weighted by Crippen LogP contribution is -2.07. The third-order valence-corrected chi connectivity index (χ3v) is 5.01. The Morgan fingerprint density at radius 3 is 0.958 bits per heavy atom. The first-order chi connectivity index (χ1) is 11.6. The Labute approximate surface area is 149 Å². The van der Waals surface area contributed by atoms with Gasteiger partial charge in [0.25, 0.3) is 0 Å². The van der Waals surface area contributed by atoms with Gasteiger partial charge in [-0.05, 0) is 62.5 Å². The number of rotatable bonds is 12. The van der Waals surface area contributed by atoms with Crippen molar-refractivity contribution < 1.29 is 10.2 Å². The highest BCUT2D eigenvalue weighted by atomic mass is 16.3. The molecular weight excluding hydrogens is 296 g/mol. The molecule has 0 aromatic heterocycles. The second-order valence-corrected chi connectivity index (χ2v) is 7.03. The largest absolute Gasteiger partial charge is 0.504 e. The number of unbranched alkanes of at least 4 members (excludes halogenated alkanes) is 4. The Kier molecular flexibility index (Phi) is 9.90. The van der Waals surface area contributed by atoms with Crippen molar-refractivity contribution in [3.8, 4) is 11.5 Å². The van der Waals surface area contributed by atoms with E-state index in [1.165, 1.54) is 11.1 Å². The summed E-state index contributed by atoms with van der Waals surface area (Å²) in [6.07, 6.45) is 12.8. The van der Waals surface area contributed by atoms with Crippen LogP contribution in [0, 0.1) is 0 Å². The zero-order chi connectivity index (χ0) is 17.9. The van der Waals surface area contributed by atoms with E-state index in [2.05, 4.69) is 27.7 Å². The smallest absolute Gasteiger partial charge is 0.161 e. The quantitative estimate of drug-likeness (QED) is 0.430. The number of phenolic OH excluding ortho intramolecular Hbond substituents is 2. The first-order valence-corrected chi connectivity index (χ1v) is 10.2. The monoisotopic (exact) mass is 334 g/mol. The van der Waals surface area contributed by atoms with E-state index in [0.29, 0.717) is 0 Å². The Hall–Kier alpha value is -1.18. The van der Waals surface area contributed by atoms with Gasteiger partial charge in [0, 0.05) is 11.1 Å². The minimum absolute atomic E-state index is 0.168. The van der Waals surface area contributed by atoms with Crippen LogP contribution in [-0.2, 0) is 25.7 Å². The second kappa shape index (κ2) is 11.4. The van der Waals surface area contributed by atoms with Crippen molar-refractivity contribution in [2.75, 3.05) is 0 Å². The molecule has 0 unspecified atom stereocenters. The topological polar surface area (TPSA) is 40.5 Å². The molecule has 0 spiro atoms. The third-order valence-electron chi connectivity index (χ3n) is 5.01. The van der Waals surface area contributed by atoms with Crippen LogP contribution in [0.5, 0.6) is 11.5 Å². The minimum Gasteiger partial charge on any atom is -0.504 e. The average molecular weight is 335 g/mol. The highest BCUT2D eigenvalue weighted by Crippen LogP contribution is 2.41. The molecule has 0 radical (unpaired) electrons. The van der Waals surface area contributed by atoms with Gasteiger partial charge in [-0.1, -0.05) is 53.4 Å². The molecule has 0 amide bonds. The molecule has 0 aliphatic carbocycles. The molecule has 0 aliphatic heterocycles. The maximum absolute atomic E-state index is 10.7. The number of hydrogen-bond acceptors (Lipinski definition) is 2. The summed E-state index contributed by atoms with van der Waals surface area (Å²) >= 11 is 0. The van der Waals surface area contributed by atoms with Gasteiger partial charge >= 0.3 is 0 Å². The van der Waals surface area contributed by atoms with E-state index in [0.717, 1.165) is 88.2 Å². The molecule has 0 saturated heterocycles. The zero-order valence-electron chi connectivity index (χ0n) is 16.4. The summed E-state index contributed by atoms with van der Waals surface area (Å²) in [4.78, 5) is 0. The van der Waals surface area contributed by atoms with Gasteiger partial charge in [-0.15, -0.1) is 0 Å². The molecule has 2 nitrogen and oxygen atoms in total. The molecule has 0 saturated carbocycles. The Bertz CT molecular complexity index is 446. The van der Waals surface area contributed by atoms with E-state index >= 15 is 0 Å². The van der Waals surface area contributed by atoms with Crippen LogP contribution in [-0.4, -0.2) is 10.2 Å². The van der Waals surface area contributed by atoms with Crippen LogP contribution < -0.4 is 0 Å². The maximum atomic E-state index is 10.7. The maximum Gasteiger partial charge on any atom is 0.161 e. The van der Waals surface area contributed by atoms with E-state index in [1.807, 2.05) is 0 Å². The second-order valence-electron chi connectivity index (χ2n) is 7.03. The van der Waals surface area contributed by atoms with Crippen LogP contribution in [0.4, 0.5) is 0 Å². The van der Waals surface area contributed by atoms with Crippen LogP contribution >= 0.6 is 0 Å². The molecule has 0 atom stereocenters. The van der Waals surface area contributed by atoms with Crippen molar-refractivity contribution in [1.29, 1.82) is 0 Å². The van der Waals surface area contributed by atoms with Crippen molar-refractivity contribution >= 4 is 0 Å². The lowest BCUT2D eigenvalue weighted by Gasteiger charge is -2.22. The number of benzene rings is 1. The Balaban J connectivity index is 3.43.